The molecule has 0 saturated heterocycles. The van der Waals surface area contributed by atoms with E-state index >= 15 is 0 Å². The summed E-state index contributed by atoms with van der Waals surface area (Å²) in [5, 5.41) is 4.58. The highest BCUT2D eigenvalue weighted by Gasteiger charge is 2.19. The predicted octanol–water partition coefficient (Wildman–Crippen LogP) is 5.06. The molecule has 152 valence electrons. The molecule has 6 heteroatoms. The molecule has 0 unspecified atom stereocenters. The third-order valence-electron chi connectivity index (χ3n) is 4.58. The van der Waals surface area contributed by atoms with Gasteiger partial charge in [0, 0.05) is 16.7 Å². The van der Waals surface area contributed by atoms with Gasteiger partial charge in [-0.25, -0.2) is 9.38 Å². The number of nitrogens with one attached hydrogen (secondary N) is 1. The maximum Gasteiger partial charge on any atom is 0.161 e. The minimum Gasteiger partial charge on any atom is -0.490 e. The number of hydrazone groups is 1. The van der Waals surface area contributed by atoms with Crippen LogP contribution in [0.2, 0.25) is 0 Å². The van der Waals surface area contributed by atoms with Gasteiger partial charge in [-0.3, -0.25) is 5.43 Å². The molecule has 1 aliphatic heterocycles. The fourth-order valence-electron chi connectivity index (χ4n) is 3.25. The highest BCUT2D eigenvalue weighted by molar-refractivity contribution is 6.18. The van der Waals surface area contributed by atoms with E-state index in [1.165, 1.54) is 12.1 Å². The van der Waals surface area contributed by atoms with Gasteiger partial charge in [-0.05, 0) is 50.2 Å². The Hall–Kier alpha value is -3.67. The van der Waals surface area contributed by atoms with E-state index < -0.39 is 0 Å². The first kappa shape index (κ1) is 19.6. The summed E-state index contributed by atoms with van der Waals surface area (Å²) in [7, 11) is 0. The zero-order valence-corrected chi connectivity index (χ0v) is 16.9. The Labute approximate surface area is 174 Å². The van der Waals surface area contributed by atoms with Crippen LogP contribution >= 0.6 is 0 Å². The van der Waals surface area contributed by atoms with Crippen LogP contribution in [0.5, 0.6) is 11.5 Å². The van der Waals surface area contributed by atoms with Crippen molar-refractivity contribution in [2.24, 2.45) is 10.1 Å². The van der Waals surface area contributed by atoms with Gasteiger partial charge in [0.1, 0.15) is 11.5 Å². The van der Waals surface area contributed by atoms with Crippen LogP contribution in [-0.2, 0) is 0 Å². The number of benzene rings is 3. The van der Waals surface area contributed by atoms with Crippen molar-refractivity contribution in [3.8, 4) is 11.5 Å². The normalized spacial score (nSPS) is 12.8. The molecule has 5 nitrogen and oxygen atoms in total. The smallest absolute Gasteiger partial charge is 0.161 e. The second-order valence-corrected chi connectivity index (χ2v) is 6.59. The summed E-state index contributed by atoms with van der Waals surface area (Å²) >= 11 is 0. The predicted molar refractivity (Wildman–Crippen MR) is 117 cm³/mol. The average molecular weight is 403 g/mol. The molecular weight excluding hydrogens is 381 g/mol. The lowest BCUT2D eigenvalue weighted by atomic mass is 10.00. The van der Waals surface area contributed by atoms with Gasteiger partial charge in [-0.15, -0.1) is 0 Å². The number of amidine groups is 1. The quantitative estimate of drug-likeness (QED) is 0.626. The van der Waals surface area contributed by atoms with Crippen molar-refractivity contribution in [1.29, 1.82) is 0 Å². The molecule has 30 heavy (non-hydrogen) atoms. The lowest BCUT2D eigenvalue weighted by Gasteiger charge is -2.14. The van der Waals surface area contributed by atoms with E-state index in [0.29, 0.717) is 47.5 Å². The number of hydrogen-bond acceptors (Lipinski definition) is 5. The summed E-state index contributed by atoms with van der Waals surface area (Å²) < 4.78 is 25.5. The maximum atomic E-state index is 14.1. The van der Waals surface area contributed by atoms with Crippen molar-refractivity contribution < 1.29 is 13.9 Å². The van der Waals surface area contributed by atoms with E-state index in [4.69, 9.17) is 14.5 Å². The van der Waals surface area contributed by atoms with Gasteiger partial charge in [-0.1, -0.05) is 30.3 Å². The van der Waals surface area contributed by atoms with Crippen LogP contribution in [0.3, 0.4) is 0 Å². The topological polar surface area (TPSA) is 55.2 Å². The van der Waals surface area contributed by atoms with E-state index in [0.717, 1.165) is 11.1 Å². The molecule has 0 atom stereocenters. The number of aliphatic imine (C=N–C) groups is 1. The standard InChI is InChI=1S/C24H22FN3O2/c1-3-29-21-13-10-17(14-22(21)30-4-2)23-19-15-18(25)11-12-20(19)26-24(28-27-23)16-8-6-5-7-9-16/h5-15H,3-4H2,1-2H3,(H,26,28). The molecule has 0 amide bonds. The van der Waals surface area contributed by atoms with Crippen LogP contribution in [0.25, 0.3) is 0 Å². The Kier molecular flexibility index (Phi) is 5.75. The SMILES string of the molecule is CCOc1ccc(C2=NNC(c3ccccc3)=Nc3ccc(F)cc32)cc1OCC. The highest BCUT2D eigenvalue weighted by Crippen LogP contribution is 2.32. The molecule has 1 heterocycles. The summed E-state index contributed by atoms with van der Waals surface area (Å²) in [5.41, 5.74) is 6.51. The molecular formula is C24H22FN3O2. The number of hydrogen-bond donors (Lipinski definition) is 1. The first-order valence-corrected chi connectivity index (χ1v) is 9.87. The van der Waals surface area contributed by atoms with Crippen molar-refractivity contribution in [3.63, 3.8) is 0 Å². The van der Waals surface area contributed by atoms with Crippen LogP contribution in [-0.4, -0.2) is 24.8 Å². The van der Waals surface area contributed by atoms with Crippen molar-refractivity contribution in [2.75, 3.05) is 13.2 Å². The third kappa shape index (κ3) is 4.03. The van der Waals surface area contributed by atoms with Gasteiger partial charge in [0.25, 0.3) is 0 Å². The number of halogens is 1. The zero-order chi connectivity index (χ0) is 20.9. The van der Waals surface area contributed by atoms with E-state index in [2.05, 4.69) is 10.5 Å². The summed E-state index contributed by atoms with van der Waals surface area (Å²) in [6.45, 7) is 4.87. The first-order valence-electron chi connectivity index (χ1n) is 9.87. The van der Waals surface area contributed by atoms with E-state index in [9.17, 15) is 4.39 Å². The van der Waals surface area contributed by atoms with Crippen molar-refractivity contribution in [3.05, 3.63) is 89.2 Å². The van der Waals surface area contributed by atoms with Crippen LogP contribution < -0.4 is 14.9 Å². The molecule has 0 saturated carbocycles. The maximum absolute atomic E-state index is 14.1. The van der Waals surface area contributed by atoms with E-state index in [1.807, 2.05) is 62.4 Å². The molecule has 0 aliphatic carbocycles. The summed E-state index contributed by atoms with van der Waals surface area (Å²) in [5.74, 6) is 1.52. The van der Waals surface area contributed by atoms with Crippen LogP contribution in [0.15, 0.2) is 76.8 Å². The molecule has 0 spiro atoms. The number of nitrogens with zero attached hydrogens (tertiary/aromatic N) is 2. The van der Waals surface area contributed by atoms with E-state index in [-0.39, 0.29) is 5.82 Å². The van der Waals surface area contributed by atoms with Crippen LogP contribution in [0.4, 0.5) is 10.1 Å². The van der Waals surface area contributed by atoms with Crippen molar-refractivity contribution in [1.82, 2.24) is 5.43 Å². The Morgan fingerprint density at radius 1 is 0.833 bits per heavy atom. The summed E-state index contributed by atoms with van der Waals surface area (Å²) in [6, 6.07) is 19.8. The van der Waals surface area contributed by atoms with Crippen molar-refractivity contribution in [2.45, 2.75) is 13.8 Å². The highest BCUT2D eigenvalue weighted by atomic mass is 19.1. The lowest BCUT2D eigenvalue weighted by Crippen LogP contribution is -2.19. The summed E-state index contributed by atoms with van der Waals surface area (Å²) in [4.78, 5) is 4.70. The lowest BCUT2D eigenvalue weighted by molar-refractivity contribution is 0.287. The minimum absolute atomic E-state index is 0.351. The Morgan fingerprint density at radius 2 is 1.60 bits per heavy atom. The average Bonchev–Trinajstić information content (AvgIpc) is 2.95. The molecule has 4 rings (SSSR count). The molecule has 3 aromatic carbocycles. The second kappa shape index (κ2) is 8.78. The first-order chi connectivity index (χ1) is 14.7. The fourth-order valence-corrected chi connectivity index (χ4v) is 3.25. The van der Waals surface area contributed by atoms with Gasteiger partial charge in [0.15, 0.2) is 17.3 Å². The van der Waals surface area contributed by atoms with Crippen LogP contribution in [0.1, 0.15) is 30.5 Å². The largest absolute Gasteiger partial charge is 0.490 e. The molecule has 0 radical (unpaired) electrons. The molecule has 0 aromatic heterocycles. The third-order valence-corrected chi connectivity index (χ3v) is 4.58. The minimum atomic E-state index is -0.351. The fraction of sp³-hybridized carbons (Fsp3) is 0.167. The number of fused-ring (bicyclic) bond motifs is 1. The molecule has 1 N–H and O–H groups in total. The van der Waals surface area contributed by atoms with E-state index in [1.54, 1.807) is 6.07 Å². The Bertz CT molecular complexity index is 1110. The molecule has 0 fully saturated rings. The van der Waals surface area contributed by atoms with Gasteiger partial charge in [0.2, 0.25) is 0 Å². The van der Waals surface area contributed by atoms with Crippen molar-refractivity contribution >= 4 is 17.2 Å². The van der Waals surface area contributed by atoms with Gasteiger partial charge in [-0.2, -0.15) is 5.10 Å². The monoisotopic (exact) mass is 403 g/mol. The molecule has 1 aliphatic rings. The Balaban J connectivity index is 1.82. The second-order valence-electron chi connectivity index (χ2n) is 6.59. The van der Waals surface area contributed by atoms with Gasteiger partial charge in [0.05, 0.1) is 18.9 Å². The number of ether oxygens (including phenoxy) is 2. The van der Waals surface area contributed by atoms with Gasteiger partial charge >= 0.3 is 0 Å². The molecule has 3 aromatic rings. The van der Waals surface area contributed by atoms with Gasteiger partial charge < -0.3 is 9.47 Å². The Morgan fingerprint density at radius 3 is 2.37 bits per heavy atom. The molecule has 0 bridgehead atoms. The summed E-state index contributed by atoms with van der Waals surface area (Å²) in [6.07, 6.45) is 0. The zero-order valence-electron chi connectivity index (χ0n) is 16.9. The number of rotatable bonds is 6. The van der Waals surface area contributed by atoms with Crippen LogP contribution in [0, 0.1) is 5.82 Å².